The highest BCUT2D eigenvalue weighted by molar-refractivity contribution is 9.10. The zero-order valence-electron chi connectivity index (χ0n) is 10.5. The number of rotatable bonds is 4. The molecule has 0 saturated heterocycles. The van der Waals surface area contributed by atoms with Crippen molar-refractivity contribution >= 4 is 21.7 Å². The van der Waals surface area contributed by atoms with Crippen LogP contribution < -0.4 is 0 Å². The lowest BCUT2D eigenvalue weighted by Crippen LogP contribution is -2.43. The van der Waals surface area contributed by atoms with E-state index in [0.29, 0.717) is 19.3 Å². The van der Waals surface area contributed by atoms with E-state index in [2.05, 4.69) is 15.9 Å². The van der Waals surface area contributed by atoms with Gasteiger partial charge >= 0.3 is 0 Å². The molecule has 2 aliphatic carbocycles. The normalized spacial score (nSPS) is 28.7. The van der Waals surface area contributed by atoms with Gasteiger partial charge in [0.05, 0.1) is 4.83 Å². The number of hydrogen-bond acceptors (Lipinski definition) is 1. The van der Waals surface area contributed by atoms with Crippen molar-refractivity contribution in [2.24, 2.45) is 11.8 Å². The molecule has 0 aromatic rings. The Hall–Kier alpha value is -0.130. The third-order valence-corrected chi connectivity index (χ3v) is 5.00. The van der Waals surface area contributed by atoms with Gasteiger partial charge in [-0.25, -0.2) is 17.6 Å². The van der Waals surface area contributed by atoms with Crippen LogP contribution in [-0.4, -0.2) is 22.5 Å². The predicted molar refractivity (Wildman–Crippen MR) is 66.9 cm³/mol. The Morgan fingerprint density at radius 2 is 1.63 bits per heavy atom. The van der Waals surface area contributed by atoms with Gasteiger partial charge in [-0.05, 0) is 25.2 Å². The smallest absolute Gasteiger partial charge is 0.249 e. The van der Waals surface area contributed by atoms with Gasteiger partial charge in [-0.1, -0.05) is 15.9 Å². The number of carbonyl (C=O) groups excluding carboxylic acids is 1. The Morgan fingerprint density at radius 1 is 1.11 bits per heavy atom. The standard InChI is InChI=1S/C13H17BrF4O/c14-10(11(19)9-6-13(17,18)7-9)5-8-1-3-12(15,16)4-2-8/h8-10H,1-7H2. The highest BCUT2D eigenvalue weighted by Gasteiger charge is 2.49. The molecular weight excluding hydrogens is 328 g/mol. The summed E-state index contributed by atoms with van der Waals surface area (Å²) in [4.78, 5) is 11.4. The van der Waals surface area contributed by atoms with Crippen LogP contribution in [0.1, 0.15) is 44.9 Å². The van der Waals surface area contributed by atoms with Gasteiger partial charge in [0.2, 0.25) is 11.8 Å². The van der Waals surface area contributed by atoms with Crippen molar-refractivity contribution in [3.05, 3.63) is 0 Å². The summed E-state index contributed by atoms with van der Waals surface area (Å²) in [5, 5.41) is 0. The Balaban J connectivity index is 1.76. The summed E-state index contributed by atoms with van der Waals surface area (Å²) in [7, 11) is 0. The first-order valence-electron chi connectivity index (χ1n) is 6.62. The van der Waals surface area contributed by atoms with Crippen molar-refractivity contribution in [3.8, 4) is 0 Å². The molecule has 1 nitrogen and oxygen atoms in total. The maximum Gasteiger partial charge on any atom is 0.249 e. The quantitative estimate of drug-likeness (QED) is 0.538. The molecule has 6 heteroatoms. The Morgan fingerprint density at radius 3 is 2.11 bits per heavy atom. The van der Waals surface area contributed by atoms with Crippen LogP contribution in [0.2, 0.25) is 0 Å². The third kappa shape index (κ3) is 3.92. The van der Waals surface area contributed by atoms with Crippen molar-refractivity contribution in [2.75, 3.05) is 0 Å². The topological polar surface area (TPSA) is 17.1 Å². The number of hydrogen-bond donors (Lipinski definition) is 0. The molecule has 2 rings (SSSR count). The largest absolute Gasteiger partial charge is 0.298 e. The van der Waals surface area contributed by atoms with Crippen LogP contribution in [0.5, 0.6) is 0 Å². The molecule has 0 aliphatic heterocycles. The molecule has 1 atom stereocenters. The van der Waals surface area contributed by atoms with E-state index >= 15 is 0 Å². The second-order valence-corrected chi connectivity index (χ2v) is 6.97. The molecule has 2 saturated carbocycles. The van der Waals surface area contributed by atoms with E-state index in [1.807, 2.05) is 0 Å². The minimum Gasteiger partial charge on any atom is -0.298 e. The van der Waals surface area contributed by atoms with E-state index < -0.39 is 22.6 Å². The number of ketones is 1. The van der Waals surface area contributed by atoms with Crippen LogP contribution in [0.4, 0.5) is 17.6 Å². The van der Waals surface area contributed by atoms with Crippen molar-refractivity contribution in [2.45, 2.75) is 61.6 Å². The first-order chi connectivity index (χ1) is 8.69. The zero-order chi connectivity index (χ0) is 14.3. The minimum atomic E-state index is -2.69. The van der Waals surface area contributed by atoms with E-state index in [1.165, 1.54) is 0 Å². The summed E-state index contributed by atoms with van der Waals surface area (Å²) >= 11 is 3.24. The molecule has 2 fully saturated rings. The van der Waals surface area contributed by atoms with Crippen molar-refractivity contribution in [1.82, 2.24) is 0 Å². The fourth-order valence-corrected chi connectivity index (χ4v) is 3.77. The van der Waals surface area contributed by atoms with Gasteiger partial charge in [-0.15, -0.1) is 0 Å². The highest BCUT2D eigenvalue weighted by Crippen LogP contribution is 2.45. The fourth-order valence-electron chi connectivity index (χ4n) is 2.86. The molecule has 0 amide bonds. The number of alkyl halides is 5. The van der Waals surface area contributed by atoms with Crippen LogP contribution in [0.15, 0.2) is 0 Å². The molecule has 1 unspecified atom stereocenters. The summed E-state index contributed by atoms with van der Waals surface area (Å²) in [5.74, 6) is -5.93. The Labute approximate surface area is 118 Å². The van der Waals surface area contributed by atoms with Crippen LogP contribution in [0, 0.1) is 11.8 Å². The summed E-state index contributed by atoms with van der Waals surface area (Å²) in [6.45, 7) is 0. The monoisotopic (exact) mass is 344 g/mol. The molecule has 19 heavy (non-hydrogen) atoms. The van der Waals surface area contributed by atoms with Gasteiger partial charge in [0.25, 0.3) is 0 Å². The second kappa shape index (κ2) is 5.34. The lowest BCUT2D eigenvalue weighted by molar-refractivity contribution is -0.147. The fraction of sp³-hybridized carbons (Fsp3) is 0.923. The van der Waals surface area contributed by atoms with Crippen molar-refractivity contribution < 1.29 is 22.4 Å². The van der Waals surface area contributed by atoms with Crippen molar-refractivity contribution in [1.29, 1.82) is 0 Å². The van der Waals surface area contributed by atoms with Crippen LogP contribution in [0.3, 0.4) is 0 Å². The maximum absolute atomic E-state index is 13.0. The zero-order valence-corrected chi connectivity index (χ0v) is 12.1. The number of carbonyl (C=O) groups is 1. The summed E-state index contributed by atoms with van der Waals surface area (Å²) in [6, 6.07) is 0. The van der Waals surface area contributed by atoms with Crippen LogP contribution in [0.25, 0.3) is 0 Å². The summed E-state index contributed by atoms with van der Waals surface area (Å²) < 4.78 is 51.4. The molecule has 2 aliphatic rings. The lowest BCUT2D eigenvalue weighted by Gasteiger charge is -2.36. The van der Waals surface area contributed by atoms with E-state index in [1.54, 1.807) is 0 Å². The van der Waals surface area contributed by atoms with Gasteiger partial charge in [-0.2, -0.15) is 0 Å². The Bertz CT molecular complexity index is 341. The molecule has 110 valence electrons. The van der Waals surface area contributed by atoms with E-state index in [-0.39, 0.29) is 37.4 Å². The van der Waals surface area contributed by atoms with Gasteiger partial charge in [-0.3, -0.25) is 4.79 Å². The molecular formula is C13H17BrF4O. The lowest BCUT2D eigenvalue weighted by atomic mass is 9.76. The van der Waals surface area contributed by atoms with E-state index in [9.17, 15) is 22.4 Å². The molecule has 0 spiro atoms. The molecule has 0 heterocycles. The maximum atomic E-state index is 13.0. The van der Waals surface area contributed by atoms with E-state index in [4.69, 9.17) is 0 Å². The molecule has 0 N–H and O–H groups in total. The van der Waals surface area contributed by atoms with Crippen LogP contribution >= 0.6 is 15.9 Å². The van der Waals surface area contributed by atoms with Gasteiger partial charge < -0.3 is 0 Å². The summed E-state index contributed by atoms with van der Waals surface area (Å²) in [5.41, 5.74) is 0. The first-order valence-corrected chi connectivity index (χ1v) is 7.54. The highest BCUT2D eigenvalue weighted by atomic mass is 79.9. The minimum absolute atomic E-state index is 0.0912. The molecule has 0 bridgehead atoms. The van der Waals surface area contributed by atoms with Gasteiger partial charge in [0, 0.05) is 31.6 Å². The van der Waals surface area contributed by atoms with Gasteiger partial charge in [0.1, 0.15) is 5.78 Å². The Kier molecular flexibility index (Phi) is 4.29. The van der Waals surface area contributed by atoms with Gasteiger partial charge in [0.15, 0.2) is 0 Å². The first kappa shape index (κ1) is 15.3. The number of Topliss-reactive ketones (excluding diaryl/α,β-unsaturated/α-hetero) is 1. The molecule has 0 aromatic heterocycles. The second-order valence-electron chi connectivity index (χ2n) is 5.87. The molecule has 0 radical (unpaired) electrons. The SMILES string of the molecule is O=C(C(Br)CC1CCC(F)(F)CC1)C1CC(F)(F)C1. The number of halogens is 5. The summed E-state index contributed by atoms with van der Waals surface area (Å²) in [6.07, 6.45) is 0.302. The third-order valence-electron chi connectivity index (χ3n) is 4.18. The van der Waals surface area contributed by atoms with Crippen molar-refractivity contribution in [3.63, 3.8) is 0 Å². The average molecular weight is 345 g/mol. The molecule has 0 aromatic carbocycles. The van der Waals surface area contributed by atoms with E-state index in [0.717, 1.165) is 0 Å². The average Bonchev–Trinajstić information content (AvgIpc) is 2.27. The predicted octanol–water partition coefficient (Wildman–Crippen LogP) is 4.58. The van der Waals surface area contributed by atoms with Crippen LogP contribution in [-0.2, 0) is 4.79 Å².